The second-order valence-electron chi connectivity index (χ2n) is 5.07. The van der Waals surface area contributed by atoms with Crippen LogP contribution in [0.1, 0.15) is 5.56 Å². The van der Waals surface area contributed by atoms with Crippen molar-refractivity contribution in [2.24, 2.45) is 0 Å². The summed E-state index contributed by atoms with van der Waals surface area (Å²) in [4.78, 5) is 23.0. The van der Waals surface area contributed by atoms with Gasteiger partial charge >= 0.3 is 0 Å². The lowest BCUT2D eigenvalue weighted by molar-refractivity contribution is -0.384. The Hall–Kier alpha value is -2.08. The highest BCUT2D eigenvalue weighted by Crippen LogP contribution is 2.34. The first-order valence-electron chi connectivity index (χ1n) is 6.66. The molecule has 3 rings (SSSR count). The topological polar surface area (TPSA) is 73.3 Å². The lowest BCUT2D eigenvalue weighted by Gasteiger charge is -2.09. The van der Waals surface area contributed by atoms with Gasteiger partial charge in [-0.2, -0.15) is 0 Å². The zero-order valence-corrected chi connectivity index (χ0v) is 14.4. The van der Waals surface area contributed by atoms with Crippen LogP contribution in [0, 0.1) is 17.0 Å². The van der Waals surface area contributed by atoms with E-state index in [2.05, 4.69) is 0 Å². The van der Waals surface area contributed by atoms with Crippen LogP contribution >= 0.6 is 34.8 Å². The van der Waals surface area contributed by atoms with E-state index < -0.39 is 4.92 Å². The van der Waals surface area contributed by atoms with Gasteiger partial charge in [0.2, 0.25) is 0 Å². The fourth-order valence-corrected chi connectivity index (χ4v) is 3.10. The molecule has 0 fully saturated rings. The second-order valence-corrected chi connectivity index (χ2v) is 6.32. The Morgan fingerprint density at radius 2 is 1.79 bits per heavy atom. The van der Waals surface area contributed by atoms with Crippen molar-refractivity contribution in [1.29, 1.82) is 0 Å². The smallest absolute Gasteiger partial charge is 0.288 e. The van der Waals surface area contributed by atoms with Crippen molar-refractivity contribution in [1.82, 2.24) is 0 Å². The average molecular weight is 385 g/mol. The Kier molecular flexibility index (Phi) is 4.25. The lowest BCUT2D eigenvalue weighted by Crippen LogP contribution is -2.07. The van der Waals surface area contributed by atoms with Gasteiger partial charge in [-0.05, 0) is 31.2 Å². The van der Waals surface area contributed by atoms with Crippen molar-refractivity contribution < 1.29 is 9.34 Å². The van der Waals surface area contributed by atoms with Crippen LogP contribution in [0.15, 0.2) is 39.5 Å². The SMILES string of the molecule is Cc1c(-c2ccc(Cl)c([N+](=O)[O-])c2)oc2c(Cl)cc(Cl)cc2c1=O. The largest absolute Gasteiger partial charge is 0.454 e. The van der Waals surface area contributed by atoms with Gasteiger partial charge in [0.15, 0.2) is 11.0 Å². The van der Waals surface area contributed by atoms with E-state index in [-0.39, 0.29) is 43.5 Å². The van der Waals surface area contributed by atoms with Gasteiger partial charge in [-0.25, -0.2) is 0 Å². The van der Waals surface area contributed by atoms with Crippen LogP contribution in [0.25, 0.3) is 22.3 Å². The average Bonchev–Trinajstić information content (AvgIpc) is 2.52. The number of benzene rings is 2. The van der Waals surface area contributed by atoms with Crippen molar-refractivity contribution in [2.45, 2.75) is 6.92 Å². The Balaban J connectivity index is 2.36. The first-order valence-corrected chi connectivity index (χ1v) is 7.79. The molecule has 0 saturated heterocycles. The molecule has 1 aromatic heterocycles. The summed E-state index contributed by atoms with van der Waals surface area (Å²) in [6.07, 6.45) is 0. The van der Waals surface area contributed by atoms with E-state index >= 15 is 0 Å². The Morgan fingerprint density at radius 1 is 1.08 bits per heavy atom. The van der Waals surface area contributed by atoms with E-state index in [0.717, 1.165) is 0 Å². The standard InChI is InChI=1S/C16H8Cl3NO4/c1-7-14(21)10-5-9(17)6-12(19)16(10)24-15(7)8-2-3-11(18)13(4-8)20(22)23/h2-6H,1H3. The van der Waals surface area contributed by atoms with Crippen LogP contribution in [0.2, 0.25) is 15.1 Å². The molecule has 0 unspecified atom stereocenters. The molecular formula is C16H8Cl3NO4. The highest BCUT2D eigenvalue weighted by atomic mass is 35.5. The number of hydrogen-bond donors (Lipinski definition) is 0. The van der Waals surface area contributed by atoms with Gasteiger partial charge in [0.05, 0.1) is 15.3 Å². The fraction of sp³-hybridized carbons (Fsp3) is 0.0625. The zero-order chi connectivity index (χ0) is 17.6. The maximum absolute atomic E-state index is 12.6. The molecule has 122 valence electrons. The van der Waals surface area contributed by atoms with Crippen LogP contribution in [-0.4, -0.2) is 4.92 Å². The molecule has 0 atom stereocenters. The first kappa shape index (κ1) is 16.8. The van der Waals surface area contributed by atoms with E-state index in [4.69, 9.17) is 39.2 Å². The van der Waals surface area contributed by atoms with E-state index in [9.17, 15) is 14.9 Å². The molecule has 8 heteroatoms. The van der Waals surface area contributed by atoms with Gasteiger partial charge < -0.3 is 4.42 Å². The molecule has 1 heterocycles. The summed E-state index contributed by atoms with van der Waals surface area (Å²) in [5.41, 5.74) is 0.224. The van der Waals surface area contributed by atoms with Gasteiger partial charge in [0, 0.05) is 22.2 Å². The molecule has 24 heavy (non-hydrogen) atoms. The summed E-state index contributed by atoms with van der Waals surface area (Å²) in [7, 11) is 0. The van der Waals surface area contributed by atoms with Crippen molar-refractivity contribution in [2.75, 3.05) is 0 Å². The monoisotopic (exact) mass is 383 g/mol. The van der Waals surface area contributed by atoms with E-state index in [1.54, 1.807) is 6.92 Å². The van der Waals surface area contributed by atoms with Crippen LogP contribution < -0.4 is 5.43 Å². The first-order chi connectivity index (χ1) is 11.3. The molecule has 0 bridgehead atoms. The fourth-order valence-electron chi connectivity index (χ4n) is 2.39. The number of hydrogen-bond acceptors (Lipinski definition) is 4. The summed E-state index contributed by atoms with van der Waals surface area (Å²) in [6, 6.07) is 7.09. The maximum atomic E-state index is 12.6. The van der Waals surface area contributed by atoms with Crippen molar-refractivity contribution in [3.05, 3.63) is 71.3 Å². The molecule has 3 aromatic rings. The number of nitro groups is 1. The van der Waals surface area contributed by atoms with Crippen LogP contribution in [0.3, 0.4) is 0 Å². The minimum atomic E-state index is -0.604. The molecule has 0 aliphatic heterocycles. The number of nitro benzene ring substituents is 1. The number of halogens is 3. The van der Waals surface area contributed by atoms with Crippen LogP contribution in [0.4, 0.5) is 5.69 Å². The number of rotatable bonds is 2. The minimum absolute atomic E-state index is 0.00523. The summed E-state index contributed by atoms with van der Waals surface area (Å²) in [5.74, 6) is 0.191. The highest BCUT2D eigenvalue weighted by molar-refractivity contribution is 6.38. The highest BCUT2D eigenvalue weighted by Gasteiger charge is 2.19. The Bertz CT molecular complexity index is 1060. The van der Waals surface area contributed by atoms with Gasteiger partial charge in [-0.1, -0.05) is 34.8 Å². The van der Waals surface area contributed by atoms with Crippen molar-refractivity contribution in [3.8, 4) is 11.3 Å². The van der Waals surface area contributed by atoms with E-state index in [1.807, 2.05) is 0 Å². The molecule has 0 saturated carbocycles. The predicted molar refractivity (Wildman–Crippen MR) is 94.3 cm³/mol. The quantitative estimate of drug-likeness (QED) is 0.423. The third kappa shape index (κ3) is 2.75. The summed E-state index contributed by atoms with van der Waals surface area (Å²) >= 11 is 17.8. The molecule has 0 amide bonds. The van der Waals surface area contributed by atoms with E-state index in [0.29, 0.717) is 10.6 Å². The Labute approximate surface area is 150 Å². The zero-order valence-electron chi connectivity index (χ0n) is 12.1. The van der Waals surface area contributed by atoms with Gasteiger partial charge in [-0.3, -0.25) is 14.9 Å². The van der Waals surface area contributed by atoms with E-state index in [1.165, 1.54) is 30.3 Å². The summed E-state index contributed by atoms with van der Waals surface area (Å²) < 4.78 is 5.76. The van der Waals surface area contributed by atoms with Crippen LogP contribution in [0.5, 0.6) is 0 Å². The predicted octanol–water partition coefficient (Wildman–Crippen LogP) is 5.64. The van der Waals surface area contributed by atoms with Crippen molar-refractivity contribution >= 4 is 51.5 Å². The summed E-state index contributed by atoms with van der Waals surface area (Å²) in [5, 5.41) is 11.8. The Morgan fingerprint density at radius 3 is 2.46 bits per heavy atom. The van der Waals surface area contributed by atoms with Gasteiger partial charge in [0.25, 0.3) is 5.69 Å². The third-order valence-corrected chi connectivity index (χ3v) is 4.36. The van der Waals surface area contributed by atoms with Crippen LogP contribution in [-0.2, 0) is 0 Å². The van der Waals surface area contributed by atoms with Crippen molar-refractivity contribution in [3.63, 3.8) is 0 Å². The maximum Gasteiger partial charge on any atom is 0.288 e. The second kappa shape index (κ2) is 6.09. The third-order valence-electron chi connectivity index (χ3n) is 3.54. The molecule has 0 aliphatic carbocycles. The number of nitrogens with zero attached hydrogens (tertiary/aromatic N) is 1. The molecule has 0 spiro atoms. The normalized spacial score (nSPS) is 11.0. The molecule has 5 nitrogen and oxygen atoms in total. The lowest BCUT2D eigenvalue weighted by atomic mass is 10.1. The number of fused-ring (bicyclic) bond motifs is 1. The van der Waals surface area contributed by atoms with Gasteiger partial charge in [-0.15, -0.1) is 0 Å². The molecule has 2 aromatic carbocycles. The molecule has 0 radical (unpaired) electrons. The molecule has 0 aliphatic rings. The minimum Gasteiger partial charge on any atom is -0.454 e. The van der Waals surface area contributed by atoms with Gasteiger partial charge in [0.1, 0.15) is 10.8 Å². The molecule has 0 N–H and O–H groups in total. The summed E-state index contributed by atoms with van der Waals surface area (Å²) in [6.45, 7) is 1.57. The molecular weight excluding hydrogens is 377 g/mol.